The normalized spacial score (nSPS) is 21.2. The molecule has 0 aromatic heterocycles. The van der Waals surface area contributed by atoms with Gasteiger partial charge in [0.15, 0.2) is 0 Å². The molecule has 0 radical (unpaired) electrons. The van der Waals surface area contributed by atoms with Crippen molar-refractivity contribution in [3.63, 3.8) is 0 Å². The van der Waals surface area contributed by atoms with Crippen LogP contribution in [0.1, 0.15) is 27.7 Å². The molecule has 1 nitrogen and oxygen atoms in total. The van der Waals surface area contributed by atoms with E-state index in [4.69, 9.17) is 0 Å². The summed E-state index contributed by atoms with van der Waals surface area (Å²) in [6.07, 6.45) is 4.45. The summed E-state index contributed by atoms with van der Waals surface area (Å²) in [4.78, 5) is 0. The second-order valence-electron chi connectivity index (χ2n) is 3.02. The van der Waals surface area contributed by atoms with E-state index in [1.54, 1.807) is 0 Å². The van der Waals surface area contributed by atoms with Gasteiger partial charge in [0.2, 0.25) is 0 Å². The number of nitrogens with one attached hydrogen (secondary N) is 1. The molecule has 1 aliphatic heterocycles. The summed E-state index contributed by atoms with van der Waals surface area (Å²) in [6, 6.07) is 0. The molecule has 1 N–H and O–H groups in total. The molecule has 1 rings (SSSR count). The van der Waals surface area contributed by atoms with E-state index in [1.807, 2.05) is 13.8 Å². The summed E-state index contributed by atoms with van der Waals surface area (Å²) in [5.41, 5.74) is 0.387. The van der Waals surface area contributed by atoms with Crippen LogP contribution in [-0.4, -0.2) is 13.1 Å². The average Bonchev–Trinajstić information content (AvgIpc) is 1.92. The molecule has 0 aliphatic carbocycles. The molecule has 1 heterocycles. The Morgan fingerprint density at radius 1 is 1.30 bits per heavy atom. The topological polar surface area (TPSA) is 12.0 Å². The Morgan fingerprint density at radius 2 is 1.90 bits per heavy atom. The van der Waals surface area contributed by atoms with E-state index >= 15 is 0 Å². The second kappa shape index (κ2) is 4.51. The maximum absolute atomic E-state index is 3.29. The maximum atomic E-state index is 3.29. The molecule has 0 aromatic rings. The number of hydrogen-bond acceptors (Lipinski definition) is 1. The van der Waals surface area contributed by atoms with Crippen LogP contribution in [0, 0.1) is 5.41 Å². The Kier molecular flexibility index (Phi) is 4.37. The van der Waals surface area contributed by atoms with E-state index < -0.39 is 0 Å². The van der Waals surface area contributed by atoms with Crippen LogP contribution in [0.4, 0.5) is 0 Å². The van der Waals surface area contributed by atoms with Crippen molar-refractivity contribution in [2.75, 3.05) is 13.1 Å². The summed E-state index contributed by atoms with van der Waals surface area (Å²) in [6.45, 7) is 10.6. The first kappa shape index (κ1) is 9.70. The maximum Gasteiger partial charge on any atom is 0.0135 e. The predicted molar refractivity (Wildman–Crippen MR) is 47.1 cm³/mol. The number of rotatable bonds is 0. The lowest BCUT2D eigenvalue weighted by molar-refractivity contribution is 0.427. The highest BCUT2D eigenvalue weighted by Gasteiger charge is 2.14. The lowest BCUT2D eigenvalue weighted by Crippen LogP contribution is -2.31. The minimum Gasteiger partial charge on any atom is -0.312 e. The van der Waals surface area contributed by atoms with Gasteiger partial charge in [-0.2, -0.15) is 0 Å². The lowest BCUT2D eigenvalue weighted by Gasteiger charge is -2.23. The standard InChI is InChI=1S/C7H13N.C2H6/c1-7(2)4-3-5-8-6-7;1-2/h3-4,8H,5-6H2,1-2H3;1-2H3. The fourth-order valence-corrected chi connectivity index (χ4v) is 0.915. The van der Waals surface area contributed by atoms with Crippen molar-refractivity contribution in [3.8, 4) is 0 Å². The van der Waals surface area contributed by atoms with Gasteiger partial charge in [-0.15, -0.1) is 0 Å². The quantitative estimate of drug-likeness (QED) is 0.510. The summed E-state index contributed by atoms with van der Waals surface area (Å²) in [5.74, 6) is 0. The monoisotopic (exact) mass is 141 g/mol. The van der Waals surface area contributed by atoms with Crippen LogP contribution in [-0.2, 0) is 0 Å². The van der Waals surface area contributed by atoms with Gasteiger partial charge in [0.05, 0.1) is 0 Å². The molecule has 10 heavy (non-hydrogen) atoms. The molecule has 0 spiro atoms. The zero-order valence-corrected chi connectivity index (χ0v) is 7.57. The largest absolute Gasteiger partial charge is 0.312 e. The van der Waals surface area contributed by atoms with Gasteiger partial charge in [0.1, 0.15) is 0 Å². The first-order valence-corrected chi connectivity index (χ1v) is 4.09. The molecule has 0 atom stereocenters. The molecule has 60 valence electrons. The van der Waals surface area contributed by atoms with E-state index in [2.05, 4.69) is 31.3 Å². The molecule has 0 bridgehead atoms. The molecule has 0 saturated carbocycles. The van der Waals surface area contributed by atoms with Crippen molar-refractivity contribution >= 4 is 0 Å². The second-order valence-corrected chi connectivity index (χ2v) is 3.02. The van der Waals surface area contributed by atoms with Crippen LogP contribution < -0.4 is 5.32 Å². The zero-order chi connectivity index (χ0) is 8.04. The van der Waals surface area contributed by atoms with Crippen molar-refractivity contribution < 1.29 is 0 Å². The van der Waals surface area contributed by atoms with E-state index in [0.717, 1.165) is 13.1 Å². The predicted octanol–water partition coefficient (Wildman–Crippen LogP) is 2.20. The highest BCUT2D eigenvalue weighted by atomic mass is 14.9. The summed E-state index contributed by atoms with van der Waals surface area (Å²) in [7, 11) is 0. The minimum atomic E-state index is 0.387. The van der Waals surface area contributed by atoms with Crippen molar-refractivity contribution in [2.24, 2.45) is 5.41 Å². The molecule has 0 fully saturated rings. The van der Waals surface area contributed by atoms with Crippen LogP contribution in [0.15, 0.2) is 12.2 Å². The molecule has 0 aromatic carbocycles. The molecular formula is C9H19N. The smallest absolute Gasteiger partial charge is 0.0135 e. The third-order valence-corrected chi connectivity index (χ3v) is 1.41. The fraction of sp³-hybridized carbons (Fsp3) is 0.778. The van der Waals surface area contributed by atoms with Gasteiger partial charge >= 0.3 is 0 Å². The Hall–Kier alpha value is -0.300. The Labute approximate surface area is 64.5 Å². The van der Waals surface area contributed by atoms with E-state index in [1.165, 1.54) is 0 Å². The molecular weight excluding hydrogens is 122 g/mol. The molecule has 0 saturated heterocycles. The first-order valence-electron chi connectivity index (χ1n) is 4.09. The van der Waals surface area contributed by atoms with Gasteiger partial charge < -0.3 is 5.32 Å². The highest BCUT2D eigenvalue weighted by molar-refractivity contribution is 5.01. The van der Waals surface area contributed by atoms with Gasteiger partial charge in [0, 0.05) is 13.1 Å². The fourth-order valence-electron chi connectivity index (χ4n) is 0.915. The van der Waals surface area contributed by atoms with Gasteiger partial charge in [-0.05, 0) is 5.41 Å². The third-order valence-electron chi connectivity index (χ3n) is 1.41. The summed E-state index contributed by atoms with van der Waals surface area (Å²) >= 11 is 0. The van der Waals surface area contributed by atoms with Crippen LogP contribution in [0.3, 0.4) is 0 Å². The van der Waals surface area contributed by atoms with Gasteiger partial charge in [-0.25, -0.2) is 0 Å². The van der Waals surface area contributed by atoms with Crippen LogP contribution >= 0.6 is 0 Å². The average molecular weight is 141 g/mol. The summed E-state index contributed by atoms with van der Waals surface area (Å²) in [5, 5.41) is 3.29. The van der Waals surface area contributed by atoms with Crippen LogP contribution in [0.2, 0.25) is 0 Å². The Morgan fingerprint density at radius 3 is 2.10 bits per heavy atom. The minimum absolute atomic E-state index is 0.387. The van der Waals surface area contributed by atoms with Crippen molar-refractivity contribution in [3.05, 3.63) is 12.2 Å². The molecule has 1 aliphatic rings. The van der Waals surface area contributed by atoms with Crippen LogP contribution in [0.5, 0.6) is 0 Å². The van der Waals surface area contributed by atoms with E-state index in [9.17, 15) is 0 Å². The van der Waals surface area contributed by atoms with Gasteiger partial charge in [0.25, 0.3) is 0 Å². The Balaban J connectivity index is 0.000000371. The van der Waals surface area contributed by atoms with E-state index in [-0.39, 0.29) is 0 Å². The SMILES string of the molecule is CC.CC1(C)C=CCNC1. The van der Waals surface area contributed by atoms with Crippen LogP contribution in [0.25, 0.3) is 0 Å². The zero-order valence-electron chi connectivity index (χ0n) is 7.57. The van der Waals surface area contributed by atoms with Gasteiger partial charge in [-0.1, -0.05) is 39.8 Å². The molecule has 0 amide bonds. The van der Waals surface area contributed by atoms with Crippen molar-refractivity contribution in [1.82, 2.24) is 5.32 Å². The Bertz CT molecular complexity index is 103. The van der Waals surface area contributed by atoms with E-state index in [0.29, 0.717) is 5.41 Å². The van der Waals surface area contributed by atoms with Crippen molar-refractivity contribution in [2.45, 2.75) is 27.7 Å². The van der Waals surface area contributed by atoms with Gasteiger partial charge in [-0.3, -0.25) is 0 Å². The lowest BCUT2D eigenvalue weighted by atomic mass is 9.91. The third kappa shape index (κ3) is 3.67. The first-order chi connectivity index (χ1) is 4.71. The molecule has 0 unspecified atom stereocenters. The number of hydrogen-bond donors (Lipinski definition) is 1. The molecule has 1 heteroatoms. The summed E-state index contributed by atoms with van der Waals surface area (Å²) < 4.78 is 0. The highest BCUT2D eigenvalue weighted by Crippen LogP contribution is 2.16. The van der Waals surface area contributed by atoms with Crippen molar-refractivity contribution in [1.29, 1.82) is 0 Å².